The molecule has 1 fully saturated rings. The molecule has 0 aliphatic carbocycles. The van der Waals surface area contributed by atoms with E-state index in [2.05, 4.69) is 120 Å². The van der Waals surface area contributed by atoms with Crippen molar-refractivity contribution in [1.82, 2.24) is 9.24 Å². The number of aromatic nitrogens is 1. The van der Waals surface area contributed by atoms with E-state index in [1.165, 1.54) is 40.0 Å². The molecule has 5 rings (SSSR count). The molecule has 3 nitrogen and oxygen atoms in total. The van der Waals surface area contributed by atoms with E-state index in [1.807, 2.05) is 0 Å². The Morgan fingerprint density at radius 2 is 1.55 bits per heavy atom. The fourth-order valence-corrected chi connectivity index (χ4v) is 10.2. The first kappa shape index (κ1) is 22.9. The molecule has 1 aromatic heterocycles. The van der Waals surface area contributed by atoms with E-state index < -0.39 is 7.21 Å². The number of benzene rings is 3. The van der Waals surface area contributed by atoms with Crippen LogP contribution in [0, 0.1) is 0 Å². The van der Waals surface area contributed by atoms with Crippen molar-refractivity contribution in [1.29, 1.82) is 0 Å². The molecule has 0 saturated carbocycles. The van der Waals surface area contributed by atoms with Crippen LogP contribution in [0.1, 0.15) is 40.5 Å². The molecule has 2 heterocycles. The first-order chi connectivity index (χ1) is 15.8. The summed E-state index contributed by atoms with van der Waals surface area (Å²) in [5.74, 6) is 0. The number of hydrogen-bond donors (Lipinski definition) is 0. The lowest BCUT2D eigenvalue weighted by Gasteiger charge is -2.44. The highest BCUT2D eigenvalue weighted by Gasteiger charge is 2.42. The van der Waals surface area contributed by atoms with Gasteiger partial charge in [-0.15, -0.1) is 0 Å². The summed E-state index contributed by atoms with van der Waals surface area (Å²) in [5, 5.41) is 4.10. The topological polar surface area (TPSA) is 20.5 Å². The van der Waals surface area contributed by atoms with Crippen LogP contribution in [0.3, 0.4) is 0 Å². The van der Waals surface area contributed by atoms with E-state index in [-0.39, 0.29) is 5.16 Å². The predicted octanol–water partition coefficient (Wildman–Crippen LogP) is 8.54. The molecule has 1 saturated heterocycles. The van der Waals surface area contributed by atoms with Gasteiger partial charge < -0.3 is 4.57 Å². The summed E-state index contributed by atoms with van der Waals surface area (Å²) in [6.45, 7) is 12.6. The third-order valence-corrected chi connectivity index (χ3v) is 12.1. The fraction of sp³-hybridized carbons (Fsp3) is 0.357. The zero-order valence-electron chi connectivity index (χ0n) is 20.1. The number of hydrogen-bond acceptors (Lipinski definition) is 1. The minimum Gasteiger partial charge on any atom is -0.341 e. The molecule has 1 unspecified atom stereocenters. The quantitative estimate of drug-likeness (QED) is 0.246. The minimum absolute atomic E-state index is 0.0151. The standard InChI is InChI=1S/C28H33BrN3P/c1-5-32-26-11-7-6-10-24(26)25-20-23(16-17-27(25)32)33(28(2,3)4,31-18-8-9-19-31)30-22-14-12-21(29)13-15-22/h6-7,10-17,20H,5,8-9,18-19H2,1-4H3. The average Bonchev–Trinajstić information content (AvgIpc) is 3.44. The van der Waals surface area contributed by atoms with Gasteiger partial charge in [-0.3, -0.25) is 4.67 Å². The number of fused-ring (bicyclic) bond motifs is 3. The van der Waals surface area contributed by atoms with Gasteiger partial charge in [-0.2, -0.15) is 0 Å². The Morgan fingerprint density at radius 1 is 0.879 bits per heavy atom. The Hall–Kier alpha value is -1.87. The van der Waals surface area contributed by atoms with Gasteiger partial charge in [-0.05, 0) is 68.3 Å². The van der Waals surface area contributed by atoms with Gasteiger partial charge >= 0.3 is 0 Å². The van der Waals surface area contributed by atoms with Crippen LogP contribution < -0.4 is 5.30 Å². The lowest BCUT2D eigenvalue weighted by atomic mass is 10.1. The summed E-state index contributed by atoms with van der Waals surface area (Å²) in [5.41, 5.74) is 3.71. The molecule has 0 bridgehead atoms. The number of nitrogens with zero attached hydrogens (tertiary/aromatic N) is 3. The van der Waals surface area contributed by atoms with E-state index in [4.69, 9.17) is 4.74 Å². The summed E-state index contributed by atoms with van der Waals surface area (Å²) < 4.78 is 11.9. The van der Waals surface area contributed by atoms with Crippen LogP contribution in [0.25, 0.3) is 21.8 Å². The van der Waals surface area contributed by atoms with E-state index in [0.29, 0.717) is 0 Å². The average molecular weight is 522 g/mol. The minimum atomic E-state index is -2.06. The first-order valence-corrected chi connectivity index (χ1v) is 14.5. The Balaban J connectivity index is 1.85. The van der Waals surface area contributed by atoms with Gasteiger partial charge in [-0.1, -0.05) is 54.9 Å². The molecule has 0 spiro atoms. The van der Waals surface area contributed by atoms with Crippen molar-refractivity contribution in [2.75, 3.05) is 13.1 Å². The highest BCUT2D eigenvalue weighted by atomic mass is 79.9. The maximum Gasteiger partial charge on any atom is 0.0720 e. The SMILES string of the molecule is CCn1c2ccccc2c2cc(P(=Nc3ccc(Br)cc3)(N3CCCC3)C(C)(C)C)ccc21. The van der Waals surface area contributed by atoms with Crippen molar-refractivity contribution < 1.29 is 0 Å². The van der Waals surface area contributed by atoms with Gasteiger partial charge in [0.25, 0.3) is 0 Å². The van der Waals surface area contributed by atoms with Crippen molar-refractivity contribution in [3.63, 3.8) is 0 Å². The maximum atomic E-state index is 5.68. The summed E-state index contributed by atoms with van der Waals surface area (Å²) in [6, 6.07) is 24.6. The normalized spacial score (nSPS) is 17.0. The molecule has 33 heavy (non-hydrogen) atoms. The van der Waals surface area contributed by atoms with Gasteiger partial charge in [0.1, 0.15) is 0 Å². The lowest BCUT2D eigenvalue weighted by molar-refractivity contribution is 0.538. The van der Waals surface area contributed by atoms with Crippen LogP contribution in [0.2, 0.25) is 0 Å². The van der Waals surface area contributed by atoms with Crippen molar-refractivity contribution >= 4 is 55.9 Å². The molecule has 172 valence electrons. The maximum absolute atomic E-state index is 5.68. The number of halogens is 1. The smallest absolute Gasteiger partial charge is 0.0720 e. The highest BCUT2D eigenvalue weighted by molar-refractivity contribution is 9.10. The van der Waals surface area contributed by atoms with Gasteiger partial charge in [-0.25, -0.2) is 4.74 Å². The summed E-state index contributed by atoms with van der Waals surface area (Å²) >= 11 is 3.59. The zero-order chi connectivity index (χ0) is 23.2. The molecule has 1 aliphatic rings. The molecule has 3 aromatic carbocycles. The van der Waals surface area contributed by atoms with Crippen LogP contribution in [-0.4, -0.2) is 27.5 Å². The number of aryl methyl sites for hydroxylation is 1. The third kappa shape index (κ3) is 3.81. The largest absolute Gasteiger partial charge is 0.341 e. The Morgan fingerprint density at radius 3 is 2.21 bits per heavy atom. The van der Waals surface area contributed by atoms with Crippen molar-refractivity contribution in [2.45, 2.75) is 52.2 Å². The predicted molar refractivity (Wildman–Crippen MR) is 148 cm³/mol. The monoisotopic (exact) mass is 521 g/mol. The second-order valence-electron chi connectivity index (χ2n) is 9.97. The van der Waals surface area contributed by atoms with Crippen molar-refractivity contribution in [3.05, 3.63) is 71.2 Å². The van der Waals surface area contributed by atoms with Crippen molar-refractivity contribution in [2.24, 2.45) is 4.74 Å². The molecular formula is C28H33BrN3P. The lowest BCUT2D eigenvalue weighted by Crippen LogP contribution is -2.35. The molecule has 1 aliphatic heterocycles. The summed E-state index contributed by atoms with van der Waals surface area (Å²) in [7, 11) is -2.06. The van der Waals surface area contributed by atoms with E-state index in [0.717, 1.165) is 29.8 Å². The molecule has 1 atom stereocenters. The Bertz CT molecular complexity index is 1360. The molecule has 0 N–H and O–H groups in total. The number of para-hydroxylation sites is 1. The molecular weight excluding hydrogens is 489 g/mol. The molecule has 5 heteroatoms. The summed E-state index contributed by atoms with van der Waals surface area (Å²) in [4.78, 5) is 0. The highest BCUT2D eigenvalue weighted by Crippen LogP contribution is 2.65. The van der Waals surface area contributed by atoms with Crippen LogP contribution >= 0.6 is 23.1 Å². The van der Waals surface area contributed by atoms with Crippen LogP contribution in [0.4, 0.5) is 5.69 Å². The summed E-state index contributed by atoms with van der Waals surface area (Å²) in [6.07, 6.45) is 2.51. The van der Waals surface area contributed by atoms with Gasteiger partial charge in [0.15, 0.2) is 0 Å². The molecule has 4 aromatic rings. The van der Waals surface area contributed by atoms with E-state index in [9.17, 15) is 0 Å². The van der Waals surface area contributed by atoms with Gasteiger partial charge in [0.05, 0.1) is 12.9 Å². The van der Waals surface area contributed by atoms with E-state index >= 15 is 0 Å². The molecule has 0 radical (unpaired) electrons. The van der Waals surface area contributed by atoms with Crippen LogP contribution in [-0.2, 0) is 6.54 Å². The second kappa shape index (κ2) is 8.73. The second-order valence-corrected chi connectivity index (χ2v) is 14.7. The zero-order valence-corrected chi connectivity index (χ0v) is 22.5. The van der Waals surface area contributed by atoms with E-state index in [1.54, 1.807) is 0 Å². The fourth-order valence-electron chi connectivity index (χ4n) is 5.49. The van der Waals surface area contributed by atoms with Crippen LogP contribution in [0.15, 0.2) is 75.9 Å². The third-order valence-electron chi connectivity index (χ3n) is 6.95. The molecule has 0 amide bonds. The number of rotatable bonds is 4. The Labute approximate surface area is 206 Å². The van der Waals surface area contributed by atoms with Crippen molar-refractivity contribution in [3.8, 4) is 0 Å². The Kier molecular flexibility index (Phi) is 6.05. The first-order valence-electron chi connectivity index (χ1n) is 12.0. The van der Waals surface area contributed by atoms with Gasteiger partial charge in [0.2, 0.25) is 0 Å². The van der Waals surface area contributed by atoms with Gasteiger partial charge in [0, 0.05) is 56.4 Å². The van der Waals surface area contributed by atoms with Crippen LogP contribution in [0.5, 0.6) is 0 Å².